The van der Waals surface area contributed by atoms with E-state index in [0.717, 1.165) is 31.3 Å². The quantitative estimate of drug-likeness (QED) is 0.630. The van der Waals surface area contributed by atoms with Crippen molar-refractivity contribution in [2.24, 2.45) is 0 Å². The van der Waals surface area contributed by atoms with Crippen LogP contribution in [0.25, 0.3) is 0 Å². The number of ether oxygens (including phenoxy) is 2. The van der Waals surface area contributed by atoms with E-state index in [1.165, 1.54) is 12.1 Å². The van der Waals surface area contributed by atoms with E-state index in [0.29, 0.717) is 19.6 Å². The summed E-state index contributed by atoms with van der Waals surface area (Å²) in [6, 6.07) is 13.8. The lowest BCUT2D eigenvalue weighted by Gasteiger charge is -2.33. The summed E-state index contributed by atoms with van der Waals surface area (Å²) in [5, 5.41) is 0. The predicted octanol–water partition coefficient (Wildman–Crippen LogP) is 2.97. The van der Waals surface area contributed by atoms with E-state index in [1.807, 2.05) is 18.2 Å². The van der Waals surface area contributed by atoms with Gasteiger partial charge < -0.3 is 9.47 Å². The molecule has 2 aromatic rings. The van der Waals surface area contributed by atoms with E-state index < -0.39 is 15.8 Å². The third kappa shape index (κ3) is 5.99. The van der Waals surface area contributed by atoms with Crippen LogP contribution >= 0.6 is 0 Å². The summed E-state index contributed by atoms with van der Waals surface area (Å²) in [4.78, 5) is 2.17. The molecule has 29 heavy (non-hydrogen) atoms. The Labute approximate surface area is 171 Å². The topological polar surface area (TPSA) is 67.9 Å². The van der Waals surface area contributed by atoms with E-state index >= 15 is 0 Å². The molecular formula is C21H27FN2O4S. The molecule has 0 aliphatic carbocycles. The van der Waals surface area contributed by atoms with Crippen molar-refractivity contribution in [2.75, 3.05) is 39.4 Å². The Bertz CT molecular complexity index is 893. The van der Waals surface area contributed by atoms with Crippen LogP contribution in [0.15, 0.2) is 53.4 Å². The van der Waals surface area contributed by atoms with Crippen LogP contribution in [0.3, 0.4) is 0 Å². The Hall–Kier alpha value is -2.00. The van der Waals surface area contributed by atoms with Gasteiger partial charge in [0.2, 0.25) is 10.0 Å². The first-order chi connectivity index (χ1) is 14.0. The molecule has 1 heterocycles. The third-order valence-corrected chi connectivity index (χ3v) is 6.24. The van der Waals surface area contributed by atoms with Gasteiger partial charge in [-0.25, -0.2) is 17.5 Å². The summed E-state index contributed by atoms with van der Waals surface area (Å²) < 4.78 is 52.2. The molecule has 0 amide bonds. The van der Waals surface area contributed by atoms with E-state index in [2.05, 4.69) is 21.8 Å². The molecule has 1 saturated heterocycles. The Morgan fingerprint density at radius 3 is 2.76 bits per heavy atom. The van der Waals surface area contributed by atoms with Gasteiger partial charge in [-0.15, -0.1) is 0 Å². The van der Waals surface area contributed by atoms with E-state index in [-0.39, 0.29) is 23.3 Å². The molecule has 2 aromatic carbocycles. The second-order valence-electron chi connectivity index (χ2n) is 6.85. The molecule has 0 radical (unpaired) electrons. The molecule has 1 aliphatic rings. The summed E-state index contributed by atoms with van der Waals surface area (Å²) >= 11 is 0. The second kappa shape index (κ2) is 10.2. The monoisotopic (exact) mass is 422 g/mol. The standard InChI is InChI=1S/C21H27FN2O4S/c1-2-27-20-10-9-18(15-19(20)22)29(25,26)23-11-6-12-24-13-14-28-21(16-24)17-7-4-3-5-8-17/h3-5,7-10,15,21,23H,2,6,11-14,16H2,1H3/t21-/m1/s1. The Morgan fingerprint density at radius 2 is 2.03 bits per heavy atom. The molecule has 0 aromatic heterocycles. The van der Waals surface area contributed by atoms with Crippen molar-refractivity contribution in [3.05, 3.63) is 59.9 Å². The lowest BCUT2D eigenvalue weighted by Crippen LogP contribution is -2.39. The van der Waals surface area contributed by atoms with Crippen LogP contribution in [-0.4, -0.2) is 52.7 Å². The van der Waals surface area contributed by atoms with Crippen LogP contribution in [0.4, 0.5) is 4.39 Å². The lowest BCUT2D eigenvalue weighted by molar-refractivity contribution is -0.0300. The highest BCUT2D eigenvalue weighted by Gasteiger charge is 2.22. The fourth-order valence-corrected chi connectivity index (χ4v) is 4.37. The number of nitrogens with zero attached hydrogens (tertiary/aromatic N) is 1. The van der Waals surface area contributed by atoms with Crippen molar-refractivity contribution in [1.82, 2.24) is 9.62 Å². The molecular weight excluding hydrogens is 395 g/mol. The fourth-order valence-electron chi connectivity index (χ4n) is 3.29. The van der Waals surface area contributed by atoms with Gasteiger partial charge in [0.25, 0.3) is 0 Å². The van der Waals surface area contributed by atoms with Gasteiger partial charge in [-0.1, -0.05) is 30.3 Å². The minimum Gasteiger partial charge on any atom is -0.491 e. The van der Waals surface area contributed by atoms with Crippen LogP contribution in [-0.2, 0) is 14.8 Å². The van der Waals surface area contributed by atoms with Gasteiger partial charge in [-0.2, -0.15) is 0 Å². The van der Waals surface area contributed by atoms with Gasteiger partial charge in [-0.05, 0) is 43.7 Å². The summed E-state index contributed by atoms with van der Waals surface area (Å²) in [7, 11) is -3.76. The summed E-state index contributed by atoms with van der Waals surface area (Å²) in [5.74, 6) is -0.637. The molecule has 1 N–H and O–H groups in total. The number of hydrogen-bond acceptors (Lipinski definition) is 5. The number of halogens is 1. The maximum atomic E-state index is 13.9. The smallest absolute Gasteiger partial charge is 0.240 e. The molecule has 0 unspecified atom stereocenters. The number of nitrogens with one attached hydrogen (secondary N) is 1. The highest BCUT2D eigenvalue weighted by atomic mass is 32.2. The average Bonchev–Trinajstić information content (AvgIpc) is 2.74. The van der Waals surface area contributed by atoms with Crippen molar-refractivity contribution in [3.8, 4) is 5.75 Å². The summed E-state index contributed by atoms with van der Waals surface area (Å²) in [6.45, 7) is 5.34. The number of sulfonamides is 1. The fraction of sp³-hybridized carbons (Fsp3) is 0.429. The zero-order chi connectivity index (χ0) is 20.7. The van der Waals surface area contributed by atoms with E-state index in [1.54, 1.807) is 6.92 Å². The molecule has 0 spiro atoms. The number of rotatable bonds is 9. The van der Waals surface area contributed by atoms with Crippen molar-refractivity contribution >= 4 is 10.0 Å². The van der Waals surface area contributed by atoms with Gasteiger partial charge in [0, 0.05) is 19.6 Å². The van der Waals surface area contributed by atoms with Crippen molar-refractivity contribution in [2.45, 2.75) is 24.3 Å². The molecule has 158 valence electrons. The zero-order valence-electron chi connectivity index (χ0n) is 16.5. The number of benzene rings is 2. The van der Waals surface area contributed by atoms with Crippen molar-refractivity contribution in [1.29, 1.82) is 0 Å². The predicted molar refractivity (Wildman–Crippen MR) is 109 cm³/mol. The molecule has 3 rings (SSSR count). The minimum atomic E-state index is -3.76. The largest absolute Gasteiger partial charge is 0.491 e. The first-order valence-corrected chi connectivity index (χ1v) is 11.3. The number of morpholine rings is 1. The minimum absolute atomic E-state index is 0.0356. The van der Waals surface area contributed by atoms with Gasteiger partial charge >= 0.3 is 0 Å². The maximum Gasteiger partial charge on any atom is 0.240 e. The summed E-state index contributed by atoms with van der Waals surface area (Å²) in [5.41, 5.74) is 1.15. The molecule has 1 aliphatic heterocycles. The molecule has 0 saturated carbocycles. The van der Waals surface area contributed by atoms with Crippen LogP contribution in [0.1, 0.15) is 25.0 Å². The van der Waals surface area contributed by atoms with Gasteiger partial charge in [0.15, 0.2) is 11.6 Å². The van der Waals surface area contributed by atoms with Gasteiger partial charge in [-0.3, -0.25) is 4.90 Å². The van der Waals surface area contributed by atoms with Crippen molar-refractivity contribution in [3.63, 3.8) is 0 Å². The first kappa shape index (κ1) is 21.7. The zero-order valence-corrected chi connectivity index (χ0v) is 17.3. The Morgan fingerprint density at radius 1 is 1.24 bits per heavy atom. The highest BCUT2D eigenvalue weighted by molar-refractivity contribution is 7.89. The normalized spacial score (nSPS) is 17.9. The second-order valence-corrected chi connectivity index (χ2v) is 8.61. The lowest BCUT2D eigenvalue weighted by atomic mass is 10.1. The molecule has 6 nitrogen and oxygen atoms in total. The Balaban J connectivity index is 1.47. The Kier molecular flexibility index (Phi) is 7.60. The van der Waals surface area contributed by atoms with Crippen LogP contribution in [0.5, 0.6) is 5.75 Å². The SMILES string of the molecule is CCOc1ccc(S(=O)(=O)NCCCN2CCO[C@@H](c3ccccc3)C2)cc1F. The molecule has 1 atom stereocenters. The molecule has 0 bridgehead atoms. The van der Waals surface area contributed by atoms with Crippen molar-refractivity contribution < 1.29 is 22.3 Å². The maximum absolute atomic E-state index is 13.9. The van der Waals surface area contributed by atoms with E-state index in [9.17, 15) is 12.8 Å². The molecule has 8 heteroatoms. The average molecular weight is 423 g/mol. The first-order valence-electron chi connectivity index (χ1n) is 9.80. The van der Waals surface area contributed by atoms with Crippen LogP contribution in [0.2, 0.25) is 0 Å². The highest BCUT2D eigenvalue weighted by Crippen LogP contribution is 2.22. The van der Waals surface area contributed by atoms with E-state index in [4.69, 9.17) is 9.47 Å². The van der Waals surface area contributed by atoms with Gasteiger partial charge in [0.05, 0.1) is 24.2 Å². The summed E-state index contributed by atoms with van der Waals surface area (Å²) in [6.07, 6.45) is 0.689. The molecule has 1 fully saturated rings. The van der Waals surface area contributed by atoms with Crippen LogP contribution in [0, 0.1) is 5.82 Å². The number of hydrogen-bond donors (Lipinski definition) is 1. The van der Waals surface area contributed by atoms with Gasteiger partial charge in [0.1, 0.15) is 0 Å². The van der Waals surface area contributed by atoms with Crippen LogP contribution < -0.4 is 9.46 Å². The third-order valence-electron chi connectivity index (χ3n) is 4.78.